The molecule has 3 rings (SSSR count). The molecule has 1 aliphatic rings. The van der Waals surface area contributed by atoms with Gasteiger partial charge in [0.05, 0.1) is 5.41 Å². The fourth-order valence-corrected chi connectivity index (χ4v) is 3.56. The van der Waals surface area contributed by atoms with Crippen molar-refractivity contribution in [2.45, 2.75) is 26.2 Å². The third kappa shape index (κ3) is 1.68. The maximum absolute atomic E-state index is 2.33. The van der Waals surface area contributed by atoms with Gasteiger partial charge in [0.1, 0.15) is 0 Å². The van der Waals surface area contributed by atoms with Crippen molar-refractivity contribution in [2.24, 2.45) is 0 Å². The molecule has 0 fully saturated rings. The fourth-order valence-electron chi connectivity index (χ4n) is 3.56. The molecule has 0 aliphatic heterocycles. The molecule has 0 radical (unpaired) electrons. The molecule has 0 saturated carbocycles. The molecular weight excluding hydrogens is 240 g/mol. The monoisotopic (exact) mass is 260 g/mol. The van der Waals surface area contributed by atoms with Gasteiger partial charge in [-0.3, -0.25) is 0 Å². The first-order chi connectivity index (χ1) is 9.67. The normalized spacial score (nSPS) is 17.2. The van der Waals surface area contributed by atoms with E-state index in [1.807, 2.05) is 0 Å². The number of rotatable bonds is 2. The van der Waals surface area contributed by atoms with Crippen molar-refractivity contribution in [3.8, 4) is 0 Å². The van der Waals surface area contributed by atoms with E-state index in [0.717, 1.165) is 0 Å². The lowest BCUT2D eigenvalue weighted by Crippen LogP contribution is -2.28. The molecule has 2 aromatic carbocycles. The van der Waals surface area contributed by atoms with Gasteiger partial charge in [0, 0.05) is 0 Å². The van der Waals surface area contributed by atoms with Crippen LogP contribution in [0.5, 0.6) is 0 Å². The Morgan fingerprint density at radius 3 is 1.45 bits per heavy atom. The number of benzene rings is 2. The van der Waals surface area contributed by atoms with Gasteiger partial charge in [-0.1, -0.05) is 83.5 Å². The predicted octanol–water partition coefficient (Wildman–Crippen LogP) is 5.27. The zero-order chi connectivity index (χ0) is 14.2. The summed E-state index contributed by atoms with van der Waals surface area (Å²) in [6.07, 6.45) is 2.33. The highest BCUT2D eigenvalue weighted by atomic mass is 14.4. The van der Waals surface area contributed by atoms with E-state index in [0.29, 0.717) is 0 Å². The van der Waals surface area contributed by atoms with E-state index < -0.39 is 0 Å². The summed E-state index contributed by atoms with van der Waals surface area (Å²) < 4.78 is 0. The van der Waals surface area contributed by atoms with Crippen molar-refractivity contribution in [1.82, 2.24) is 0 Å². The predicted molar refractivity (Wildman–Crippen MR) is 85.8 cm³/mol. The van der Waals surface area contributed by atoms with Crippen molar-refractivity contribution in [3.63, 3.8) is 0 Å². The SMILES string of the molecule is CC1=CC(C)=C(C)C1(c1ccccc1)c1ccccc1. The quantitative estimate of drug-likeness (QED) is 0.690. The Balaban J connectivity index is 2.34. The van der Waals surface area contributed by atoms with E-state index >= 15 is 0 Å². The van der Waals surface area contributed by atoms with E-state index in [1.54, 1.807) is 0 Å². The average Bonchev–Trinajstić information content (AvgIpc) is 2.72. The minimum atomic E-state index is -0.0907. The van der Waals surface area contributed by atoms with E-state index in [4.69, 9.17) is 0 Å². The second-order valence-electron chi connectivity index (χ2n) is 5.62. The van der Waals surface area contributed by atoms with Gasteiger partial charge >= 0.3 is 0 Å². The Labute approximate surface area is 121 Å². The van der Waals surface area contributed by atoms with Crippen molar-refractivity contribution in [3.05, 3.63) is 94.6 Å². The molecule has 100 valence electrons. The molecule has 0 saturated heterocycles. The minimum Gasteiger partial charge on any atom is -0.0622 e. The Hall–Kier alpha value is -2.08. The molecule has 0 spiro atoms. The summed E-state index contributed by atoms with van der Waals surface area (Å²) in [4.78, 5) is 0. The maximum atomic E-state index is 2.33. The third-order valence-corrected chi connectivity index (χ3v) is 4.59. The van der Waals surface area contributed by atoms with Gasteiger partial charge in [-0.2, -0.15) is 0 Å². The van der Waals surface area contributed by atoms with Crippen molar-refractivity contribution >= 4 is 0 Å². The van der Waals surface area contributed by atoms with Gasteiger partial charge in [0.25, 0.3) is 0 Å². The highest BCUT2D eigenvalue weighted by Crippen LogP contribution is 2.50. The first kappa shape index (κ1) is 12.9. The fraction of sp³-hybridized carbons (Fsp3) is 0.200. The topological polar surface area (TPSA) is 0 Å². The highest BCUT2D eigenvalue weighted by Gasteiger charge is 2.41. The summed E-state index contributed by atoms with van der Waals surface area (Å²) in [7, 11) is 0. The molecule has 0 unspecified atom stereocenters. The van der Waals surface area contributed by atoms with Crippen LogP contribution in [0.15, 0.2) is 83.5 Å². The zero-order valence-electron chi connectivity index (χ0n) is 12.4. The van der Waals surface area contributed by atoms with Gasteiger partial charge < -0.3 is 0 Å². The van der Waals surface area contributed by atoms with Gasteiger partial charge in [0.15, 0.2) is 0 Å². The van der Waals surface area contributed by atoms with E-state index in [9.17, 15) is 0 Å². The van der Waals surface area contributed by atoms with Crippen LogP contribution in [-0.4, -0.2) is 0 Å². The Morgan fingerprint density at radius 2 is 1.10 bits per heavy atom. The van der Waals surface area contributed by atoms with Gasteiger partial charge in [-0.25, -0.2) is 0 Å². The second kappa shape index (κ2) is 4.79. The van der Waals surface area contributed by atoms with Gasteiger partial charge in [-0.15, -0.1) is 0 Å². The Morgan fingerprint density at radius 1 is 0.650 bits per heavy atom. The van der Waals surface area contributed by atoms with Crippen LogP contribution in [0.1, 0.15) is 31.9 Å². The number of allylic oxidation sites excluding steroid dienone is 4. The third-order valence-electron chi connectivity index (χ3n) is 4.59. The van der Waals surface area contributed by atoms with Crippen molar-refractivity contribution in [2.75, 3.05) is 0 Å². The average molecular weight is 260 g/mol. The van der Waals surface area contributed by atoms with E-state index in [-0.39, 0.29) is 5.41 Å². The lowest BCUT2D eigenvalue weighted by molar-refractivity contribution is 0.719. The molecule has 0 heterocycles. The molecule has 0 atom stereocenters. The summed E-state index contributed by atoms with van der Waals surface area (Å²) in [6, 6.07) is 21.7. The molecule has 0 heteroatoms. The van der Waals surface area contributed by atoms with Crippen LogP contribution in [0.2, 0.25) is 0 Å². The van der Waals surface area contributed by atoms with Crippen LogP contribution in [-0.2, 0) is 5.41 Å². The number of hydrogen-bond donors (Lipinski definition) is 0. The summed E-state index contributed by atoms with van der Waals surface area (Å²) in [6.45, 7) is 6.73. The smallest absolute Gasteiger partial charge is 0.0622 e. The van der Waals surface area contributed by atoms with Crippen LogP contribution >= 0.6 is 0 Å². The standard InChI is InChI=1S/C20H20/c1-15-14-16(2)20(17(15)3,18-10-6-4-7-11-18)19-12-8-5-9-13-19/h4-14H,1-3H3. The molecule has 1 aliphatic carbocycles. The Kier molecular flexibility index (Phi) is 3.10. The molecule has 20 heavy (non-hydrogen) atoms. The van der Waals surface area contributed by atoms with Gasteiger partial charge in [0.2, 0.25) is 0 Å². The minimum absolute atomic E-state index is 0.0907. The van der Waals surface area contributed by atoms with Crippen molar-refractivity contribution in [1.29, 1.82) is 0 Å². The first-order valence-corrected chi connectivity index (χ1v) is 7.15. The molecule has 0 nitrogen and oxygen atoms in total. The van der Waals surface area contributed by atoms with Crippen LogP contribution in [0.4, 0.5) is 0 Å². The van der Waals surface area contributed by atoms with E-state index in [2.05, 4.69) is 87.5 Å². The van der Waals surface area contributed by atoms with Crippen LogP contribution in [0, 0.1) is 0 Å². The number of hydrogen-bond acceptors (Lipinski definition) is 0. The van der Waals surface area contributed by atoms with Crippen LogP contribution in [0.25, 0.3) is 0 Å². The maximum Gasteiger partial charge on any atom is 0.0624 e. The molecule has 0 bridgehead atoms. The van der Waals surface area contributed by atoms with Crippen LogP contribution in [0.3, 0.4) is 0 Å². The first-order valence-electron chi connectivity index (χ1n) is 7.15. The summed E-state index contributed by atoms with van der Waals surface area (Å²) in [5.74, 6) is 0. The summed E-state index contributed by atoms with van der Waals surface area (Å²) >= 11 is 0. The molecule has 0 amide bonds. The van der Waals surface area contributed by atoms with Crippen LogP contribution < -0.4 is 0 Å². The van der Waals surface area contributed by atoms with Crippen molar-refractivity contribution < 1.29 is 0 Å². The van der Waals surface area contributed by atoms with E-state index in [1.165, 1.54) is 27.8 Å². The lowest BCUT2D eigenvalue weighted by atomic mass is 9.67. The highest BCUT2D eigenvalue weighted by molar-refractivity contribution is 5.63. The molecule has 0 N–H and O–H groups in total. The second-order valence-corrected chi connectivity index (χ2v) is 5.62. The summed E-state index contributed by atoms with van der Waals surface area (Å²) in [5.41, 5.74) is 6.85. The molecule has 0 aromatic heterocycles. The van der Waals surface area contributed by atoms with Gasteiger partial charge in [-0.05, 0) is 31.9 Å². The summed E-state index contributed by atoms with van der Waals surface area (Å²) in [5, 5.41) is 0. The Bertz CT molecular complexity index is 633. The zero-order valence-corrected chi connectivity index (χ0v) is 12.4. The molecular formula is C20H20. The largest absolute Gasteiger partial charge is 0.0624 e. The lowest BCUT2D eigenvalue weighted by Gasteiger charge is -2.35. The molecule has 2 aromatic rings.